The largest absolute Gasteiger partial charge is 0.459 e. The Labute approximate surface area is 96.1 Å². The van der Waals surface area contributed by atoms with Crippen molar-refractivity contribution in [3.05, 3.63) is 53.5 Å². The molecule has 0 saturated carbocycles. The fraction of sp³-hybridized carbons (Fsp3) is 0.0833. The summed E-state index contributed by atoms with van der Waals surface area (Å²) in [5.41, 5.74) is 0.118. The van der Waals surface area contributed by atoms with Gasteiger partial charge in [-0.05, 0) is 25.1 Å². The zero-order chi connectivity index (χ0) is 12.4. The molecule has 3 nitrogen and oxygen atoms in total. The van der Waals surface area contributed by atoms with Crippen LogP contribution in [0.25, 0.3) is 0 Å². The van der Waals surface area contributed by atoms with Crippen molar-refractivity contribution in [2.24, 2.45) is 0 Å². The summed E-state index contributed by atoms with van der Waals surface area (Å²) in [5, 5.41) is 2.14. The molecule has 0 saturated heterocycles. The third kappa shape index (κ3) is 2.18. The molecule has 1 amide bonds. The van der Waals surface area contributed by atoms with Crippen LogP contribution >= 0.6 is 0 Å². The Kier molecular flexibility index (Phi) is 2.91. The monoisotopic (exact) mass is 237 g/mol. The average molecular weight is 237 g/mol. The zero-order valence-corrected chi connectivity index (χ0v) is 8.96. The molecule has 0 aliphatic heterocycles. The SMILES string of the molecule is Cc1ccoc1C(=O)Nc1c(F)cccc1F. The lowest BCUT2D eigenvalue weighted by Crippen LogP contribution is -2.14. The van der Waals surface area contributed by atoms with Crippen LogP contribution < -0.4 is 5.32 Å². The molecule has 2 aromatic rings. The van der Waals surface area contributed by atoms with Crippen LogP contribution in [0.15, 0.2) is 34.9 Å². The van der Waals surface area contributed by atoms with Crippen LogP contribution in [-0.2, 0) is 0 Å². The molecule has 1 aromatic carbocycles. The second kappa shape index (κ2) is 4.37. The number of aryl methyl sites for hydroxylation is 1. The number of benzene rings is 1. The van der Waals surface area contributed by atoms with Crippen molar-refractivity contribution in [2.75, 3.05) is 5.32 Å². The van der Waals surface area contributed by atoms with Gasteiger partial charge >= 0.3 is 0 Å². The first-order valence-electron chi connectivity index (χ1n) is 4.89. The number of halogens is 2. The highest BCUT2D eigenvalue weighted by molar-refractivity contribution is 6.03. The summed E-state index contributed by atoms with van der Waals surface area (Å²) in [6.07, 6.45) is 1.34. The minimum absolute atomic E-state index is 0.0349. The molecule has 0 fully saturated rings. The number of carbonyl (C=O) groups excluding carboxylic acids is 1. The van der Waals surface area contributed by atoms with E-state index >= 15 is 0 Å². The van der Waals surface area contributed by atoms with E-state index in [0.29, 0.717) is 5.56 Å². The lowest BCUT2D eigenvalue weighted by Gasteiger charge is -2.06. The van der Waals surface area contributed by atoms with Gasteiger partial charge in [-0.2, -0.15) is 0 Å². The van der Waals surface area contributed by atoms with E-state index in [1.807, 2.05) is 0 Å². The minimum atomic E-state index is -0.831. The topological polar surface area (TPSA) is 42.2 Å². The quantitative estimate of drug-likeness (QED) is 0.871. The highest BCUT2D eigenvalue weighted by Gasteiger charge is 2.16. The van der Waals surface area contributed by atoms with E-state index in [-0.39, 0.29) is 5.76 Å². The van der Waals surface area contributed by atoms with Crippen molar-refractivity contribution in [3.8, 4) is 0 Å². The van der Waals surface area contributed by atoms with Crippen molar-refractivity contribution < 1.29 is 18.0 Å². The second-order valence-electron chi connectivity index (χ2n) is 3.48. The molecule has 0 radical (unpaired) electrons. The number of rotatable bonds is 2. The Hall–Kier alpha value is -2.17. The molecule has 2 rings (SSSR count). The van der Waals surface area contributed by atoms with Crippen LogP contribution in [0.2, 0.25) is 0 Å². The van der Waals surface area contributed by atoms with Crippen molar-refractivity contribution in [2.45, 2.75) is 6.92 Å². The van der Waals surface area contributed by atoms with Gasteiger partial charge in [-0.25, -0.2) is 8.78 Å². The molecule has 0 spiro atoms. The van der Waals surface area contributed by atoms with Crippen LogP contribution in [0.4, 0.5) is 14.5 Å². The molecule has 88 valence electrons. The van der Waals surface area contributed by atoms with Gasteiger partial charge in [0.2, 0.25) is 0 Å². The fourth-order valence-corrected chi connectivity index (χ4v) is 1.39. The summed E-state index contributed by atoms with van der Waals surface area (Å²) < 4.78 is 31.5. The maximum absolute atomic E-state index is 13.3. The van der Waals surface area contributed by atoms with Crippen molar-refractivity contribution >= 4 is 11.6 Å². The number of anilines is 1. The van der Waals surface area contributed by atoms with Crippen LogP contribution in [-0.4, -0.2) is 5.91 Å². The molecule has 17 heavy (non-hydrogen) atoms. The van der Waals surface area contributed by atoms with E-state index in [0.717, 1.165) is 12.1 Å². The third-order valence-electron chi connectivity index (χ3n) is 2.27. The number of carbonyl (C=O) groups is 1. The number of hydrogen-bond acceptors (Lipinski definition) is 2. The molecular formula is C12H9F2NO2. The van der Waals surface area contributed by atoms with Crippen molar-refractivity contribution in [1.29, 1.82) is 0 Å². The summed E-state index contributed by atoms with van der Waals surface area (Å²) in [6, 6.07) is 4.94. The van der Waals surface area contributed by atoms with E-state index in [9.17, 15) is 13.6 Å². The van der Waals surface area contributed by atoms with Gasteiger partial charge in [0.1, 0.15) is 17.3 Å². The van der Waals surface area contributed by atoms with Crippen LogP contribution in [0.5, 0.6) is 0 Å². The normalized spacial score (nSPS) is 10.3. The first-order chi connectivity index (χ1) is 8.09. The third-order valence-corrected chi connectivity index (χ3v) is 2.27. The Morgan fingerprint density at radius 1 is 1.24 bits per heavy atom. The van der Waals surface area contributed by atoms with Gasteiger partial charge in [-0.15, -0.1) is 0 Å². The molecule has 0 aliphatic carbocycles. The van der Waals surface area contributed by atoms with Crippen LogP contribution in [0, 0.1) is 18.6 Å². The minimum Gasteiger partial charge on any atom is -0.459 e. The molecular weight excluding hydrogens is 228 g/mol. The zero-order valence-electron chi connectivity index (χ0n) is 8.96. The number of furan rings is 1. The van der Waals surface area contributed by atoms with E-state index in [1.165, 1.54) is 12.3 Å². The van der Waals surface area contributed by atoms with Gasteiger partial charge in [0.25, 0.3) is 5.91 Å². The summed E-state index contributed by atoms with van der Waals surface area (Å²) in [7, 11) is 0. The number of amides is 1. The second-order valence-corrected chi connectivity index (χ2v) is 3.48. The van der Waals surface area contributed by atoms with Crippen molar-refractivity contribution in [1.82, 2.24) is 0 Å². The van der Waals surface area contributed by atoms with Gasteiger partial charge in [-0.3, -0.25) is 4.79 Å². The van der Waals surface area contributed by atoms with Gasteiger partial charge in [0.05, 0.1) is 6.26 Å². The lowest BCUT2D eigenvalue weighted by atomic mass is 10.2. The molecule has 0 bridgehead atoms. The fourth-order valence-electron chi connectivity index (χ4n) is 1.39. The first kappa shape index (κ1) is 11.3. The molecule has 1 heterocycles. The maximum atomic E-state index is 13.3. The predicted octanol–water partition coefficient (Wildman–Crippen LogP) is 3.12. The standard InChI is InChI=1S/C12H9F2NO2/c1-7-5-6-17-11(7)12(16)15-10-8(13)3-2-4-9(10)14/h2-6H,1H3,(H,15,16). The van der Waals surface area contributed by atoms with Gasteiger partial charge in [0.15, 0.2) is 5.76 Å². The summed E-state index contributed by atoms with van der Waals surface area (Å²) in [6.45, 7) is 1.66. The van der Waals surface area contributed by atoms with E-state index in [4.69, 9.17) is 4.42 Å². The van der Waals surface area contributed by atoms with Crippen LogP contribution in [0.3, 0.4) is 0 Å². The maximum Gasteiger partial charge on any atom is 0.291 e. The number of para-hydroxylation sites is 1. The Bertz CT molecular complexity index is 543. The molecule has 1 aromatic heterocycles. The summed E-state index contributed by atoms with van der Waals surface area (Å²) >= 11 is 0. The Morgan fingerprint density at radius 3 is 2.41 bits per heavy atom. The highest BCUT2D eigenvalue weighted by atomic mass is 19.1. The van der Waals surface area contributed by atoms with E-state index in [1.54, 1.807) is 13.0 Å². The van der Waals surface area contributed by atoms with E-state index in [2.05, 4.69) is 5.32 Å². The Balaban J connectivity index is 2.28. The van der Waals surface area contributed by atoms with Gasteiger partial charge in [-0.1, -0.05) is 6.07 Å². The molecule has 0 aliphatic rings. The molecule has 0 unspecified atom stereocenters. The number of nitrogens with one attached hydrogen (secondary N) is 1. The number of hydrogen-bond donors (Lipinski definition) is 1. The first-order valence-corrected chi connectivity index (χ1v) is 4.89. The summed E-state index contributed by atoms with van der Waals surface area (Å²) in [5.74, 6) is -2.31. The molecule has 0 atom stereocenters. The average Bonchev–Trinajstić information content (AvgIpc) is 2.70. The van der Waals surface area contributed by atoms with Gasteiger partial charge < -0.3 is 9.73 Å². The van der Waals surface area contributed by atoms with E-state index < -0.39 is 23.2 Å². The Morgan fingerprint density at radius 2 is 1.88 bits per heavy atom. The lowest BCUT2D eigenvalue weighted by molar-refractivity contribution is 0.0995. The predicted molar refractivity (Wildman–Crippen MR) is 57.8 cm³/mol. The van der Waals surface area contributed by atoms with Crippen LogP contribution in [0.1, 0.15) is 16.1 Å². The summed E-state index contributed by atoms with van der Waals surface area (Å²) in [4.78, 5) is 11.7. The highest BCUT2D eigenvalue weighted by Crippen LogP contribution is 2.19. The molecule has 5 heteroatoms. The van der Waals surface area contributed by atoms with Crippen molar-refractivity contribution in [3.63, 3.8) is 0 Å². The van der Waals surface area contributed by atoms with Gasteiger partial charge in [0, 0.05) is 5.56 Å². The molecule has 1 N–H and O–H groups in total. The smallest absolute Gasteiger partial charge is 0.291 e.